The molecule has 0 bridgehead atoms. The van der Waals surface area contributed by atoms with Gasteiger partial charge in [0.2, 0.25) is 5.91 Å². The molecule has 2 rings (SSSR count). The standard InChI is InChI=1S/C19H29N3O2/c1-13(20)14-9-11-22(12-10-14)17(23)15-7-5-6-8-16(15)21-18(24)19(2,3)4/h5-8,13-14H,9-12,20H2,1-4H3,(H,21,24). The van der Waals surface area contributed by atoms with Gasteiger partial charge >= 0.3 is 0 Å². The first-order chi connectivity index (χ1) is 11.2. The summed E-state index contributed by atoms with van der Waals surface area (Å²) in [6.07, 6.45) is 1.86. The van der Waals surface area contributed by atoms with Crippen molar-refractivity contribution in [2.45, 2.75) is 46.6 Å². The van der Waals surface area contributed by atoms with E-state index < -0.39 is 5.41 Å². The van der Waals surface area contributed by atoms with Gasteiger partial charge in [0.05, 0.1) is 11.3 Å². The van der Waals surface area contributed by atoms with Crippen molar-refractivity contribution in [1.29, 1.82) is 0 Å². The number of amides is 2. The maximum Gasteiger partial charge on any atom is 0.255 e. The molecule has 1 unspecified atom stereocenters. The number of nitrogens with two attached hydrogens (primary N) is 1. The minimum Gasteiger partial charge on any atom is -0.339 e. The van der Waals surface area contributed by atoms with E-state index in [0.29, 0.717) is 30.3 Å². The highest BCUT2D eigenvalue weighted by Crippen LogP contribution is 2.25. The van der Waals surface area contributed by atoms with Gasteiger partial charge in [-0.2, -0.15) is 0 Å². The molecule has 132 valence electrons. The molecule has 0 saturated carbocycles. The van der Waals surface area contributed by atoms with Gasteiger partial charge < -0.3 is 16.0 Å². The van der Waals surface area contributed by atoms with Crippen LogP contribution in [0.4, 0.5) is 5.69 Å². The van der Waals surface area contributed by atoms with Crippen LogP contribution in [0.5, 0.6) is 0 Å². The molecule has 3 N–H and O–H groups in total. The summed E-state index contributed by atoms with van der Waals surface area (Å²) >= 11 is 0. The van der Waals surface area contributed by atoms with Crippen molar-refractivity contribution < 1.29 is 9.59 Å². The summed E-state index contributed by atoms with van der Waals surface area (Å²) < 4.78 is 0. The Balaban J connectivity index is 2.12. The second-order valence-electron chi connectivity index (χ2n) is 7.74. The van der Waals surface area contributed by atoms with Gasteiger partial charge in [0.25, 0.3) is 5.91 Å². The average molecular weight is 331 g/mol. The van der Waals surface area contributed by atoms with Gasteiger partial charge in [-0.1, -0.05) is 32.9 Å². The van der Waals surface area contributed by atoms with Gasteiger partial charge in [0, 0.05) is 24.5 Å². The van der Waals surface area contributed by atoms with Gasteiger partial charge in [0.1, 0.15) is 0 Å². The summed E-state index contributed by atoms with van der Waals surface area (Å²) in [6, 6.07) is 7.39. The molecule has 1 aliphatic heterocycles. The monoisotopic (exact) mass is 331 g/mol. The Hall–Kier alpha value is -1.88. The first-order valence-electron chi connectivity index (χ1n) is 8.65. The first-order valence-corrected chi connectivity index (χ1v) is 8.65. The number of likely N-dealkylation sites (tertiary alicyclic amines) is 1. The lowest BCUT2D eigenvalue weighted by Crippen LogP contribution is -2.42. The van der Waals surface area contributed by atoms with Crippen molar-refractivity contribution in [3.63, 3.8) is 0 Å². The van der Waals surface area contributed by atoms with E-state index in [4.69, 9.17) is 5.73 Å². The third kappa shape index (κ3) is 4.35. The number of benzene rings is 1. The molecule has 0 aromatic heterocycles. The molecule has 5 heteroatoms. The molecule has 0 aliphatic carbocycles. The highest BCUT2D eigenvalue weighted by molar-refractivity contribution is 6.04. The lowest BCUT2D eigenvalue weighted by atomic mass is 9.90. The highest BCUT2D eigenvalue weighted by atomic mass is 16.2. The Kier molecular flexibility index (Phi) is 5.65. The van der Waals surface area contributed by atoms with Crippen molar-refractivity contribution in [3.05, 3.63) is 29.8 Å². The summed E-state index contributed by atoms with van der Waals surface area (Å²) in [5, 5.41) is 2.89. The quantitative estimate of drug-likeness (QED) is 0.894. The van der Waals surface area contributed by atoms with Gasteiger partial charge in [-0.25, -0.2) is 0 Å². The second kappa shape index (κ2) is 7.34. The largest absolute Gasteiger partial charge is 0.339 e. The molecule has 2 amide bonds. The van der Waals surface area contributed by atoms with Crippen LogP contribution in [0.3, 0.4) is 0 Å². The predicted octanol–water partition coefficient (Wildman–Crippen LogP) is 2.87. The predicted molar refractivity (Wildman–Crippen MR) is 96.8 cm³/mol. The fourth-order valence-electron chi connectivity index (χ4n) is 2.89. The zero-order valence-corrected chi connectivity index (χ0v) is 15.1. The number of hydrogen-bond donors (Lipinski definition) is 2. The summed E-state index contributed by atoms with van der Waals surface area (Å²) in [6.45, 7) is 9.02. The number of nitrogens with zero attached hydrogens (tertiary/aromatic N) is 1. The van der Waals surface area contributed by atoms with E-state index in [1.165, 1.54) is 0 Å². The van der Waals surface area contributed by atoms with E-state index in [1.54, 1.807) is 12.1 Å². The SMILES string of the molecule is CC(N)C1CCN(C(=O)c2ccccc2NC(=O)C(C)(C)C)CC1. The van der Waals surface area contributed by atoms with Crippen LogP contribution in [0, 0.1) is 11.3 Å². The maximum absolute atomic E-state index is 12.9. The smallest absolute Gasteiger partial charge is 0.255 e. The van der Waals surface area contributed by atoms with Crippen molar-refractivity contribution in [1.82, 2.24) is 4.90 Å². The topological polar surface area (TPSA) is 75.4 Å². The van der Waals surface area contributed by atoms with Gasteiger partial charge in [0.15, 0.2) is 0 Å². The molecule has 1 heterocycles. The zero-order chi connectivity index (χ0) is 17.9. The van der Waals surface area contributed by atoms with E-state index in [2.05, 4.69) is 5.32 Å². The van der Waals surface area contributed by atoms with Crippen LogP contribution in [0.2, 0.25) is 0 Å². The third-order valence-corrected chi connectivity index (χ3v) is 4.66. The van der Waals surface area contributed by atoms with Crippen molar-refractivity contribution in [3.8, 4) is 0 Å². The fourth-order valence-corrected chi connectivity index (χ4v) is 2.89. The van der Waals surface area contributed by atoms with Crippen molar-refractivity contribution in [2.24, 2.45) is 17.1 Å². The highest BCUT2D eigenvalue weighted by Gasteiger charge is 2.28. The summed E-state index contributed by atoms with van der Waals surface area (Å²) in [4.78, 5) is 27.0. The summed E-state index contributed by atoms with van der Waals surface area (Å²) in [7, 11) is 0. The van der Waals surface area contributed by atoms with E-state index in [-0.39, 0.29) is 17.9 Å². The Morgan fingerprint density at radius 3 is 2.33 bits per heavy atom. The van der Waals surface area contributed by atoms with E-state index in [0.717, 1.165) is 12.8 Å². The number of hydrogen-bond acceptors (Lipinski definition) is 3. The lowest BCUT2D eigenvalue weighted by molar-refractivity contribution is -0.123. The fraction of sp³-hybridized carbons (Fsp3) is 0.579. The third-order valence-electron chi connectivity index (χ3n) is 4.66. The number of carbonyl (C=O) groups is 2. The molecule has 1 aromatic carbocycles. The maximum atomic E-state index is 12.9. The zero-order valence-electron chi connectivity index (χ0n) is 15.1. The van der Waals surface area contributed by atoms with Gasteiger partial charge in [-0.05, 0) is 37.8 Å². The average Bonchev–Trinajstić information content (AvgIpc) is 2.54. The van der Waals surface area contributed by atoms with Crippen LogP contribution in [0.25, 0.3) is 0 Å². The van der Waals surface area contributed by atoms with Crippen LogP contribution in [-0.2, 0) is 4.79 Å². The number of carbonyl (C=O) groups excluding carboxylic acids is 2. The van der Waals surface area contributed by atoms with Gasteiger partial charge in [-0.3, -0.25) is 9.59 Å². The Morgan fingerprint density at radius 2 is 1.79 bits per heavy atom. The van der Waals surface area contributed by atoms with Crippen molar-refractivity contribution in [2.75, 3.05) is 18.4 Å². The molecule has 1 atom stereocenters. The molecular formula is C19H29N3O2. The van der Waals surface area contributed by atoms with E-state index in [1.807, 2.05) is 44.7 Å². The molecule has 0 radical (unpaired) electrons. The molecule has 1 aliphatic rings. The van der Waals surface area contributed by atoms with Crippen LogP contribution >= 0.6 is 0 Å². The summed E-state index contributed by atoms with van der Waals surface area (Å²) in [5.74, 6) is 0.353. The number of rotatable bonds is 3. The Morgan fingerprint density at radius 1 is 1.21 bits per heavy atom. The number of anilines is 1. The second-order valence-corrected chi connectivity index (χ2v) is 7.74. The van der Waals surface area contributed by atoms with Crippen LogP contribution in [-0.4, -0.2) is 35.8 Å². The normalized spacial score (nSPS) is 17.5. The molecule has 24 heavy (non-hydrogen) atoms. The molecule has 1 saturated heterocycles. The Labute approximate surface area is 144 Å². The number of para-hydroxylation sites is 1. The number of nitrogens with one attached hydrogen (secondary N) is 1. The van der Waals surface area contributed by atoms with Crippen molar-refractivity contribution >= 4 is 17.5 Å². The molecule has 1 fully saturated rings. The van der Waals surface area contributed by atoms with E-state index in [9.17, 15) is 9.59 Å². The molecule has 1 aromatic rings. The number of piperidine rings is 1. The molecular weight excluding hydrogens is 302 g/mol. The lowest BCUT2D eigenvalue weighted by Gasteiger charge is -2.34. The molecule has 0 spiro atoms. The summed E-state index contributed by atoms with van der Waals surface area (Å²) in [5.41, 5.74) is 6.59. The minimum absolute atomic E-state index is 0.0251. The van der Waals surface area contributed by atoms with Crippen LogP contribution in [0.15, 0.2) is 24.3 Å². The van der Waals surface area contributed by atoms with E-state index >= 15 is 0 Å². The van der Waals surface area contributed by atoms with Crippen LogP contribution < -0.4 is 11.1 Å². The molecule has 5 nitrogen and oxygen atoms in total. The van der Waals surface area contributed by atoms with Crippen LogP contribution in [0.1, 0.15) is 50.9 Å². The minimum atomic E-state index is -0.508. The first kappa shape index (κ1) is 18.5. The Bertz CT molecular complexity index is 597. The van der Waals surface area contributed by atoms with Gasteiger partial charge in [-0.15, -0.1) is 0 Å².